The molecule has 0 aromatic heterocycles. The van der Waals surface area contributed by atoms with Gasteiger partial charge in [0.15, 0.2) is 0 Å². The molecule has 0 spiro atoms. The van der Waals surface area contributed by atoms with Crippen LogP contribution in [0.25, 0.3) is 0 Å². The Bertz CT molecular complexity index is 780. The lowest BCUT2D eigenvalue weighted by Crippen LogP contribution is -2.32. The Morgan fingerprint density at radius 1 is 1.04 bits per heavy atom. The summed E-state index contributed by atoms with van der Waals surface area (Å²) in [6.07, 6.45) is 0.460. The molecule has 1 N–H and O–H groups in total. The molecule has 1 atom stereocenters. The minimum atomic E-state index is -0.556. The van der Waals surface area contributed by atoms with E-state index in [1.54, 1.807) is 24.3 Å². The van der Waals surface area contributed by atoms with Crippen LogP contribution in [0.1, 0.15) is 16.7 Å². The van der Waals surface area contributed by atoms with Crippen molar-refractivity contribution >= 4 is 11.9 Å². The Labute approximate surface area is 134 Å². The standard InChI is InChI=1S/C18H15N3O2/c19-11-14-8-4-5-9-15(14)12-21-17(22)16(20-18(21)23)10-13-6-2-1-3-7-13/h1-9,16H,10,12H2,(H,20,23). The van der Waals surface area contributed by atoms with E-state index >= 15 is 0 Å². The van der Waals surface area contributed by atoms with Gasteiger partial charge in [0.25, 0.3) is 5.91 Å². The van der Waals surface area contributed by atoms with Gasteiger partial charge in [-0.3, -0.25) is 9.69 Å². The van der Waals surface area contributed by atoms with Crippen LogP contribution in [0.2, 0.25) is 0 Å². The lowest BCUT2D eigenvalue weighted by atomic mass is 10.1. The summed E-state index contributed by atoms with van der Waals surface area (Å²) in [6.45, 7) is 0.111. The molecule has 1 aliphatic rings. The first kappa shape index (κ1) is 14.8. The Hall–Kier alpha value is -3.13. The summed E-state index contributed by atoms with van der Waals surface area (Å²) in [7, 11) is 0. The van der Waals surface area contributed by atoms with Crippen molar-refractivity contribution < 1.29 is 9.59 Å². The smallest absolute Gasteiger partial charge is 0.325 e. The maximum Gasteiger partial charge on any atom is 0.325 e. The van der Waals surface area contributed by atoms with Crippen LogP contribution in [-0.2, 0) is 17.8 Å². The summed E-state index contributed by atoms with van der Waals surface area (Å²) in [4.78, 5) is 25.8. The van der Waals surface area contributed by atoms with E-state index in [2.05, 4.69) is 11.4 Å². The maximum absolute atomic E-state index is 12.5. The fraction of sp³-hybridized carbons (Fsp3) is 0.167. The van der Waals surface area contributed by atoms with E-state index in [1.165, 1.54) is 4.90 Å². The summed E-state index contributed by atoms with van der Waals surface area (Å²) in [6, 6.07) is 17.6. The van der Waals surface area contributed by atoms with Crippen molar-refractivity contribution in [2.24, 2.45) is 0 Å². The Morgan fingerprint density at radius 2 is 1.74 bits per heavy atom. The fourth-order valence-corrected chi connectivity index (χ4v) is 2.65. The van der Waals surface area contributed by atoms with Gasteiger partial charge < -0.3 is 5.32 Å². The van der Waals surface area contributed by atoms with E-state index in [9.17, 15) is 9.59 Å². The molecule has 5 heteroatoms. The lowest BCUT2D eigenvalue weighted by molar-refractivity contribution is -0.127. The average molecular weight is 305 g/mol. The summed E-state index contributed by atoms with van der Waals surface area (Å²) in [5, 5.41) is 11.8. The van der Waals surface area contributed by atoms with Crippen molar-refractivity contribution in [2.45, 2.75) is 19.0 Å². The SMILES string of the molecule is N#Cc1ccccc1CN1C(=O)NC(Cc2ccccc2)C1=O. The second kappa shape index (κ2) is 6.32. The normalized spacial score (nSPS) is 17.0. The zero-order valence-corrected chi connectivity index (χ0v) is 12.4. The number of benzene rings is 2. The monoisotopic (exact) mass is 305 g/mol. The summed E-state index contributed by atoms with van der Waals surface area (Å²) in [5.74, 6) is -0.258. The lowest BCUT2D eigenvalue weighted by Gasteiger charge is -2.14. The predicted molar refractivity (Wildman–Crippen MR) is 84.2 cm³/mol. The van der Waals surface area contributed by atoms with E-state index in [0.717, 1.165) is 5.56 Å². The van der Waals surface area contributed by atoms with Crippen molar-refractivity contribution in [2.75, 3.05) is 0 Å². The van der Waals surface area contributed by atoms with Gasteiger partial charge in [-0.1, -0.05) is 48.5 Å². The van der Waals surface area contributed by atoms with E-state index in [4.69, 9.17) is 5.26 Å². The molecule has 2 aromatic carbocycles. The fourth-order valence-electron chi connectivity index (χ4n) is 2.65. The number of imide groups is 1. The van der Waals surface area contributed by atoms with E-state index in [-0.39, 0.29) is 12.5 Å². The minimum absolute atomic E-state index is 0.111. The zero-order chi connectivity index (χ0) is 16.2. The van der Waals surface area contributed by atoms with E-state index in [1.807, 2.05) is 30.3 Å². The molecule has 1 fully saturated rings. The summed E-state index contributed by atoms with van der Waals surface area (Å²) < 4.78 is 0. The number of hydrogen-bond donors (Lipinski definition) is 1. The first-order valence-corrected chi connectivity index (χ1v) is 7.33. The molecular weight excluding hydrogens is 290 g/mol. The van der Waals surface area contributed by atoms with Gasteiger partial charge >= 0.3 is 6.03 Å². The molecule has 0 saturated carbocycles. The first-order chi connectivity index (χ1) is 11.2. The largest absolute Gasteiger partial charge is 0.325 e. The number of nitriles is 1. The van der Waals surface area contributed by atoms with E-state index < -0.39 is 12.1 Å². The maximum atomic E-state index is 12.5. The average Bonchev–Trinajstić information content (AvgIpc) is 2.84. The third-order valence-electron chi connectivity index (χ3n) is 3.86. The molecule has 0 aliphatic carbocycles. The molecule has 3 rings (SSSR count). The summed E-state index contributed by atoms with van der Waals surface area (Å²) in [5.41, 5.74) is 2.13. The number of amides is 3. The van der Waals surface area contributed by atoms with Crippen LogP contribution >= 0.6 is 0 Å². The molecule has 2 aromatic rings. The van der Waals surface area contributed by atoms with Crippen LogP contribution in [-0.4, -0.2) is 22.9 Å². The van der Waals surface area contributed by atoms with Crippen LogP contribution in [0.5, 0.6) is 0 Å². The third kappa shape index (κ3) is 3.06. The van der Waals surface area contributed by atoms with Crippen LogP contribution in [0.4, 0.5) is 4.79 Å². The molecule has 1 heterocycles. The Kier molecular flexibility index (Phi) is 4.07. The zero-order valence-electron chi connectivity index (χ0n) is 12.4. The molecule has 114 valence electrons. The minimum Gasteiger partial charge on any atom is -0.325 e. The summed E-state index contributed by atoms with van der Waals surface area (Å²) >= 11 is 0. The van der Waals surface area contributed by atoms with E-state index in [0.29, 0.717) is 17.5 Å². The van der Waals surface area contributed by atoms with Crippen LogP contribution in [0.3, 0.4) is 0 Å². The topological polar surface area (TPSA) is 73.2 Å². The Morgan fingerprint density at radius 3 is 2.48 bits per heavy atom. The number of hydrogen-bond acceptors (Lipinski definition) is 3. The molecule has 5 nitrogen and oxygen atoms in total. The number of urea groups is 1. The Balaban J connectivity index is 1.75. The van der Waals surface area contributed by atoms with Gasteiger partial charge in [0.05, 0.1) is 18.2 Å². The van der Waals surface area contributed by atoms with Crippen LogP contribution in [0, 0.1) is 11.3 Å². The molecule has 0 bridgehead atoms. The highest BCUT2D eigenvalue weighted by molar-refractivity contribution is 6.04. The molecule has 3 amide bonds. The molecule has 1 saturated heterocycles. The molecule has 23 heavy (non-hydrogen) atoms. The predicted octanol–water partition coefficient (Wildman–Crippen LogP) is 2.22. The second-order valence-corrected chi connectivity index (χ2v) is 5.39. The van der Waals surface area contributed by atoms with Gasteiger partial charge in [0.1, 0.15) is 6.04 Å². The van der Waals surface area contributed by atoms with Gasteiger partial charge in [-0.2, -0.15) is 5.26 Å². The van der Waals surface area contributed by atoms with Crippen LogP contribution < -0.4 is 5.32 Å². The number of carbonyl (C=O) groups is 2. The number of rotatable bonds is 4. The van der Waals surface area contributed by atoms with Crippen molar-refractivity contribution in [3.63, 3.8) is 0 Å². The molecule has 0 radical (unpaired) electrons. The number of nitrogens with one attached hydrogen (secondary N) is 1. The van der Waals surface area contributed by atoms with Gasteiger partial charge in [0.2, 0.25) is 0 Å². The van der Waals surface area contributed by atoms with Gasteiger partial charge in [-0.05, 0) is 17.2 Å². The highest BCUT2D eigenvalue weighted by Crippen LogP contribution is 2.17. The van der Waals surface area contributed by atoms with Crippen molar-refractivity contribution in [3.05, 3.63) is 71.3 Å². The van der Waals surface area contributed by atoms with Gasteiger partial charge in [-0.25, -0.2) is 4.79 Å². The molecule has 1 unspecified atom stereocenters. The van der Waals surface area contributed by atoms with Gasteiger partial charge in [-0.15, -0.1) is 0 Å². The van der Waals surface area contributed by atoms with Crippen molar-refractivity contribution in [1.82, 2.24) is 10.2 Å². The number of carbonyl (C=O) groups excluding carboxylic acids is 2. The highest BCUT2D eigenvalue weighted by atomic mass is 16.2. The second-order valence-electron chi connectivity index (χ2n) is 5.39. The number of nitrogens with zero attached hydrogens (tertiary/aromatic N) is 2. The highest BCUT2D eigenvalue weighted by Gasteiger charge is 2.37. The van der Waals surface area contributed by atoms with Gasteiger partial charge in [0, 0.05) is 6.42 Å². The quantitative estimate of drug-likeness (QED) is 0.880. The van der Waals surface area contributed by atoms with Crippen molar-refractivity contribution in [3.8, 4) is 6.07 Å². The van der Waals surface area contributed by atoms with Crippen molar-refractivity contribution in [1.29, 1.82) is 5.26 Å². The third-order valence-corrected chi connectivity index (χ3v) is 3.86. The molecular formula is C18H15N3O2. The molecule has 1 aliphatic heterocycles. The van der Waals surface area contributed by atoms with Crippen LogP contribution in [0.15, 0.2) is 54.6 Å². The first-order valence-electron chi connectivity index (χ1n) is 7.33.